The molecule has 0 aliphatic rings. The van der Waals surface area contributed by atoms with Crippen molar-refractivity contribution in [1.29, 1.82) is 0 Å². The van der Waals surface area contributed by atoms with E-state index >= 15 is 0 Å². The van der Waals surface area contributed by atoms with E-state index < -0.39 is 0 Å². The first-order valence-corrected chi connectivity index (χ1v) is 6.81. The quantitative estimate of drug-likeness (QED) is 0.390. The molecule has 2 aromatic rings. The summed E-state index contributed by atoms with van der Waals surface area (Å²) in [4.78, 5) is 1.98. The summed E-state index contributed by atoms with van der Waals surface area (Å²) in [6.45, 7) is 2.04. The summed E-state index contributed by atoms with van der Waals surface area (Å²) in [5.74, 6) is 0.0529. The lowest BCUT2D eigenvalue weighted by molar-refractivity contribution is 0.318. The molecule has 0 aliphatic carbocycles. The van der Waals surface area contributed by atoms with Crippen LogP contribution >= 0.6 is 23.4 Å². The van der Waals surface area contributed by atoms with E-state index in [4.69, 9.17) is 22.5 Å². The second kappa shape index (κ2) is 5.99. The van der Waals surface area contributed by atoms with Gasteiger partial charge in [-0.2, -0.15) is 0 Å². The summed E-state index contributed by atoms with van der Waals surface area (Å²) in [5.41, 5.74) is 7.50. The molecule has 0 fully saturated rings. The van der Waals surface area contributed by atoms with Gasteiger partial charge in [0.15, 0.2) is 5.84 Å². The topological polar surface area (TPSA) is 58.6 Å². The smallest absolute Gasteiger partial charge is 0.171 e. The number of amidine groups is 1. The van der Waals surface area contributed by atoms with Gasteiger partial charge in [-0.05, 0) is 37.3 Å². The zero-order valence-corrected chi connectivity index (χ0v) is 11.9. The molecule has 0 spiro atoms. The van der Waals surface area contributed by atoms with Crippen LogP contribution in [0.2, 0.25) is 5.02 Å². The Balaban J connectivity index is 2.37. The maximum absolute atomic E-state index is 8.82. The number of benzene rings is 2. The van der Waals surface area contributed by atoms with E-state index in [1.54, 1.807) is 23.9 Å². The summed E-state index contributed by atoms with van der Waals surface area (Å²) < 4.78 is 0. The zero-order chi connectivity index (χ0) is 13.8. The number of hydrogen-bond donors (Lipinski definition) is 2. The first-order valence-electron chi connectivity index (χ1n) is 5.62. The molecule has 2 rings (SSSR count). The van der Waals surface area contributed by atoms with Crippen molar-refractivity contribution in [3.63, 3.8) is 0 Å². The van der Waals surface area contributed by atoms with Gasteiger partial charge < -0.3 is 10.9 Å². The zero-order valence-electron chi connectivity index (χ0n) is 10.3. The van der Waals surface area contributed by atoms with E-state index in [0.717, 1.165) is 9.79 Å². The van der Waals surface area contributed by atoms with Crippen LogP contribution in [0, 0.1) is 6.92 Å². The van der Waals surface area contributed by atoms with Crippen molar-refractivity contribution < 1.29 is 5.21 Å². The van der Waals surface area contributed by atoms with Crippen LogP contribution in [0.1, 0.15) is 11.1 Å². The molecule has 0 unspecified atom stereocenters. The molecular formula is C14H13ClN2OS. The highest BCUT2D eigenvalue weighted by Gasteiger charge is 2.09. The number of hydrogen-bond acceptors (Lipinski definition) is 3. The molecule has 3 N–H and O–H groups in total. The SMILES string of the molecule is Cc1ccc(Sc2ccc(Cl)cc2C(N)=NO)cc1. The summed E-state index contributed by atoms with van der Waals surface area (Å²) >= 11 is 7.48. The monoisotopic (exact) mass is 292 g/mol. The lowest BCUT2D eigenvalue weighted by atomic mass is 10.2. The summed E-state index contributed by atoms with van der Waals surface area (Å²) in [5, 5.41) is 12.4. The van der Waals surface area contributed by atoms with Crippen LogP contribution in [-0.4, -0.2) is 11.0 Å². The highest BCUT2D eigenvalue weighted by atomic mass is 35.5. The number of nitrogens with zero attached hydrogens (tertiary/aromatic N) is 1. The molecule has 0 heterocycles. The number of halogens is 1. The fourth-order valence-electron chi connectivity index (χ4n) is 1.58. The molecule has 0 aromatic heterocycles. The van der Waals surface area contributed by atoms with Crippen molar-refractivity contribution >= 4 is 29.2 Å². The normalized spacial score (nSPS) is 11.6. The molecule has 0 aliphatic heterocycles. The summed E-state index contributed by atoms with van der Waals surface area (Å²) in [6, 6.07) is 13.5. The molecule has 0 saturated heterocycles. The van der Waals surface area contributed by atoms with Crippen LogP contribution < -0.4 is 5.73 Å². The maximum atomic E-state index is 8.82. The van der Waals surface area contributed by atoms with E-state index in [1.807, 2.05) is 37.3 Å². The van der Waals surface area contributed by atoms with E-state index in [1.165, 1.54) is 5.56 Å². The van der Waals surface area contributed by atoms with Gasteiger partial charge in [-0.3, -0.25) is 0 Å². The van der Waals surface area contributed by atoms with Gasteiger partial charge in [0.2, 0.25) is 0 Å². The predicted octanol–water partition coefficient (Wildman–Crippen LogP) is 3.89. The van der Waals surface area contributed by atoms with Crippen molar-refractivity contribution in [2.75, 3.05) is 0 Å². The molecule has 0 atom stereocenters. The van der Waals surface area contributed by atoms with E-state index in [2.05, 4.69) is 5.16 Å². The third-order valence-corrected chi connectivity index (χ3v) is 3.89. The standard InChI is InChI=1S/C14H13ClN2OS/c1-9-2-5-11(6-3-9)19-13-7-4-10(15)8-12(13)14(16)17-18/h2-8,18H,1H3,(H2,16,17). The largest absolute Gasteiger partial charge is 0.409 e. The average molecular weight is 293 g/mol. The molecule has 98 valence electrons. The highest BCUT2D eigenvalue weighted by molar-refractivity contribution is 7.99. The number of aryl methyl sites for hydroxylation is 1. The van der Waals surface area contributed by atoms with Crippen molar-refractivity contribution in [2.24, 2.45) is 10.9 Å². The van der Waals surface area contributed by atoms with Gasteiger partial charge in [0.25, 0.3) is 0 Å². The Hall–Kier alpha value is -1.65. The van der Waals surface area contributed by atoms with Gasteiger partial charge in [-0.15, -0.1) is 0 Å². The minimum atomic E-state index is 0.0529. The number of nitrogens with two attached hydrogens (primary N) is 1. The Morgan fingerprint density at radius 2 is 1.89 bits per heavy atom. The summed E-state index contributed by atoms with van der Waals surface area (Å²) in [6.07, 6.45) is 0. The molecule has 19 heavy (non-hydrogen) atoms. The van der Waals surface area contributed by atoms with E-state index in [-0.39, 0.29) is 5.84 Å². The minimum absolute atomic E-state index is 0.0529. The minimum Gasteiger partial charge on any atom is -0.409 e. The van der Waals surface area contributed by atoms with E-state index in [0.29, 0.717) is 10.6 Å². The molecule has 0 bridgehead atoms. The van der Waals surface area contributed by atoms with Gasteiger partial charge in [0, 0.05) is 20.4 Å². The fraction of sp³-hybridized carbons (Fsp3) is 0.0714. The Labute approximate surface area is 121 Å². The average Bonchev–Trinajstić information content (AvgIpc) is 2.42. The maximum Gasteiger partial charge on any atom is 0.171 e. The third kappa shape index (κ3) is 3.43. The lowest BCUT2D eigenvalue weighted by Crippen LogP contribution is -2.14. The van der Waals surface area contributed by atoms with E-state index in [9.17, 15) is 0 Å². The van der Waals surface area contributed by atoms with Crippen molar-refractivity contribution in [2.45, 2.75) is 16.7 Å². The van der Waals surface area contributed by atoms with Crippen molar-refractivity contribution in [3.8, 4) is 0 Å². The molecule has 0 radical (unpaired) electrons. The molecule has 0 saturated carbocycles. The van der Waals surface area contributed by atoms with Crippen LogP contribution in [0.15, 0.2) is 57.4 Å². The van der Waals surface area contributed by atoms with Crippen molar-refractivity contribution in [3.05, 3.63) is 58.6 Å². The summed E-state index contributed by atoms with van der Waals surface area (Å²) in [7, 11) is 0. The number of oxime groups is 1. The second-order valence-electron chi connectivity index (χ2n) is 4.04. The van der Waals surface area contributed by atoms with Gasteiger partial charge in [-0.1, -0.05) is 46.2 Å². The fourth-order valence-corrected chi connectivity index (χ4v) is 2.69. The Bertz CT molecular complexity index is 611. The lowest BCUT2D eigenvalue weighted by Gasteiger charge is -2.08. The third-order valence-electron chi connectivity index (χ3n) is 2.57. The molecule has 0 amide bonds. The Morgan fingerprint density at radius 3 is 2.53 bits per heavy atom. The molecule has 3 nitrogen and oxygen atoms in total. The molecule has 5 heteroatoms. The van der Waals surface area contributed by atoms with Crippen LogP contribution in [0.4, 0.5) is 0 Å². The highest BCUT2D eigenvalue weighted by Crippen LogP contribution is 2.32. The molecular weight excluding hydrogens is 280 g/mol. The first kappa shape index (κ1) is 13.8. The first-order chi connectivity index (χ1) is 9.10. The second-order valence-corrected chi connectivity index (χ2v) is 5.59. The molecule has 2 aromatic carbocycles. The predicted molar refractivity (Wildman–Crippen MR) is 79.3 cm³/mol. The van der Waals surface area contributed by atoms with Crippen LogP contribution in [0.3, 0.4) is 0 Å². The van der Waals surface area contributed by atoms with Crippen molar-refractivity contribution in [1.82, 2.24) is 0 Å². The van der Waals surface area contributed by atoms with Gasteiger partial charge in [-0.25, -0.2) is 0 Å². The Morgan fingerprint density at radius 1 is 1.21 bits per heavy atom. The van der Waals surface area contributed by atoms with Gasteiger partial charge >= 0.3 is 0 Å². The Kier molecular flexibility index (Phi) is 4.35. The van der Waals surface area contributed by atoms with Gasteiger partial charge in [0.05, 0.1) is 0 Å². The van der Waals surface area contributed by atoms with Crippen LogP contribution in [0.25, 0.3) is 0 Å². The van der Waals surface area contributed by atoms with Crippen LogP contribution in [-0.2, 0) is 0 Å². The van der Waals surface area contributed by atoms with Crippen LogP contribution in [0.5, 0.6) is 0 Å². The number of rotatable bonds is 3. The van der Waals surface area contributed by atoms with Gasteiger partial charge in [0.1, 0.15) is 0 Å².